The van der Waals surface area contributed by atoms with Crippen LogP contribution in [0.4, 0.5) is 14.5 Å². The van der Waals surface area contributed by atoms with Crippen molar-refractivity contribution in [3.63, 3.8) is 0 Å². The van der Waals surface area contributed by atoms with E-state index in [-0.39, 0.29) is 30.2 Å². The minimum absolute atomic E-state index is 0.000667. The number of halogens is 2. The third-order valence-electron chi connectivity index (χ3n) is 5.38. The normalized spacial score (nSPS) is 25.3. The predicted molar refractivity (Wildman–Crippen MR) is 112 cm³/mol. The van der Waals surface area contributed by atoms with Gasteiger partial charge in [0.2, 0.25) is 12.7 Å². The summed E-state index contributed by atoms with van der Waals surface area (Å²) in [6.45, 7) is 1.14. The number of nitrogens with zero attached hydrogens (tertiary/aromatic N) is 3. The zero-order valence-corrected chi connectivity index (χ0v) is 17.5. The highest BCUT2D eigenvalue weighted by Crippen LogP contribution is 2.47. The van der Waals surface area contributed by atoms with Crippen molar-refractivity contribution in [3.05, 3.63) is 47.7 Å². The maximum atomic E-state index is 15.0. The third kappa shape index (κ3) is 4.33. The molecular weight excluding hydrogens is 428 g/mol. The number of anilines is 1. The van der Waals surface area contributed by atoms with Crippen molar-refractivity contribution in [1.29, 1.82) is 0 Å². The van der Waals surface area contributed by atoms with Gasteiger partial charge in [-0.1, -0.05) is 11.8 Å². The van der Waals surface area contributed by atoms with Crippen LogP contribution in [0, 0.1) is 11.7 Å². The van der Waals surface area contributed by atoms with Gasteiger partial charge in [-0.05, 0) is 31.5 Å². The Labute approximate surface area is 181 Å². The van der Waals surface area contributed by atoms with Crippen molar-refractivity contribution in [2.45, 2.75) is 25.0 Å². The van der Waals surface area contributed by atoms with Crippen LogP contribution < -0.4 is 15.8 Å². The summed E-state index contributed by atoms with van der Waals surface area (Å²) in [5, 5.41) is 3.06. The quantitative estimate of drug-likeness (QED) is 0.722. The van der Waals surface area contributed by atoms with Crippen molar-refractivity contribution in [2.75, 3.05) is 24.5 Å². The number of carbonyl (C=O) groups excluding carboxylic acids is 1. The fourth-order valence-electron chi connectivity index (χ4n) is 3.85. The Morgan fingerprint density at radius 3 is 3.00 bits per heavy atom. The Kier molecular flexibility index (Phi) is 6.05. The number of alkyl halides is 1. The Bertz CT molecular complexity index is 1010. The van der Waals surface area contributed by atoms with Gasteiger partial charge in [0.15, 0.2) is 5.17 Å². The number of thioether (sulfide) groups is 1. The van der Waals surface area contributed by atoms with E-state index in [9.17, 15) is 13.6 Å². The molecule has 0 spiro atoms. The van der Waals surface area contributed by atoms with E-state index < -0.39 is 24.1 Å². The number of nitrogens with one attached hydrogen (secondary N) is 1. The molecule has 8 nitrogen and oxygen atoms in total. The number of hydrogen-bond acceptors (Lipinski definition) is 8. The van der Waals surface area contributed by atoms with Gasteiger partial charge >= 0.3 is 0 Å². The van der Waals surface area contributed by atoms with Crippen LogP contribution in [0.1, 0.15) is 29.4 Å². The predicted octanol–water partition coefficient (Wildman–Crippen LogP) is 2.86. The summed E-state index contributed by atoms with van der Waals surface area (Å²) in [4.78, 5) is 24.9. The van der Waals surface area contributed by atoms with Crippen molar-refractivity contribution in [3.8, 4) is 5.88 Å². The van der Waals surface area contributed by atoms with Crippen molar-refractivity contribution in [1.82, 2.24) is 9.97 Å². The van der Waals surface area contributed by atoms with E-state index in [1.165, 1.54) is 30.1 Å². The maximum Gasteiger partial charge on any atom is 0.275 e. The van der Waals surface area contributed by atoms with E-state index in [0.717, 1.165) is 12.6 Å². The first-order valence-electron chi connectivity index (χ1n) is 9.63. The van der Waals surface area contributed by atoms with E-state index in [4.69, 9.17) is 10.5 Å². The average Bonchev–Trinajstić information content (AvgIpc) is 2.76. The smallest absolute Gasteiger partial charge is 0.275 e. The zero-order valence-electron chi connectivity index (χ0n) is 16.7. The first kappa shape index (κ1) is 21.4. The van der Waals surface area contributed by atoms with Crippen molar-refractivity contribution < 1.29 is 23.0 Å². The molecule has 3 heterocycles. The lowest BCUT2D eigenvalue weighted by molar-refractivity contribution is -0.0476. The fraction of sp³-hybridized carbons (Fsp3) is 0.400. The lowest BCUT2D eigenvalue weighted by Crippen LogP contribution is -2.50. The van der Waals surface area contributed by atoms with Gasteiger partial charge in [-0.25, -0.2) is 23.7 Å². The van der Waals surface area contributed by atoms with E-state index in [1.807, 2.05) is 6.92 Å². The average molecular weight is 449 g/mol. The first-order valence-corrected chi connectivity index (χ1v) is 10.6. The SMILES string of the molecule is CC1CC2CSC(N)=NC2(c2cc(NC(=O)c3cnc(OCF)cn3)ccc2F)CO1. The molecule has 0 saturated carbocycles. The summed E-state index contributed by atoms with van der Waals surface area (Å²) < 4.78 is 37.6. The molecule has 1 amide bonds. The van der Waals surface area contributed by atoms with E-state index in [2.05, 4.69) is 25.0 Å². The highest BCUT2D eigenvalue weighted by molar-refractivity contribution is 8.13. The molecule has 1 aromatic heterocycles. The minimum atomic E-state index is -1.05. The van der Waals surface area contributed by atoms with Gasteiger partial charge in [-0.3, -0.25) is 4.79 Å². The van der Waals surface area contributed by atoms with Gasteiger partial charge in [0.1, 0.15) is 17.1 Å². The molecule has 1 aromatic carbocycles. The molecule has 0 bridgehead atoms. The summed E-state index contributed by atoms with van der Waals surface area (Å²) >= 11 is 1.45. The van der Waals surface area contributed by atoms with Gasteiger partial charge in [-0.2, -0.15) is 0 Å². The number of fused-ring (bicyclic) bond motifs is 1. The topological polar surface area (TPSA) is 112 Å². The molecule has 164 valence electrons. The van der Waals surface area contributed by atoms with Crippen LogP contribution in [0.25, 0.3) is 0 Å². The first-order chi connectivity index (χ1) is 14.9. The van der Waals surface area contributed by atoms with Crippen LogP contribution in [0.2, 0.25) is 0 Å². The second-order valence-corrected chi connectivity index (χ2v) is 8.42. The number of aromatic nitrogens is 2. The molecule has 1 saturated heterocycles. The minimum Gasteiger partial charge on any atom is -0.445 e. The van der Waals surface area contributed by atoms with Crippen LogP contribution in [0.5, 0.6) is 5.88 Å². The fourth-order valence-corrected chi connectivity index (χ4v) is 4.86. The van der Waals surface area contributed by atoms with E-state index in [0.29, 0.717) is 22.2 Å². The van der Waals surface area contributed by atoms with Crippen LogP contribution in [0.15, 0.2) is 35.6 Å². The number of carbonyl (C=O) groups is 1. The molecule has 2 aliphatic rings. The van der Waals surface area contributed by atoms with Gasteiger partial charge < -0.3 is 20.5 Å². The Morgan fingerprint density at radius 2 is 2.26 bits per heavy atom. The molecule has 11 heteroatoms. The summed E-state index contributed by atoms with van der Waals surface area (Å²) in [5.41, 5.74) is 5.74. The number of ether oxygens (including phenoxy) is 2. The summed E-state index contributed by atoms with van der Waals surface area (Å²) in [6, 6.07) is 4.29. The number of rotatable bonds is 5. The highest BCUT2D eigenvalue weighted by atomic mass is 32.2. The van der Waals surface area contributed by atoms with Crippen LogP contribution in [-0.2, 0) is 10.3 Å². The molecular formula is C20H21F2N5O3S. The second kappa shape index (κ2) is 8.75. The third-order valence-corrected chi connectivity index (χ3v) is 6.33. The van der Waals surface area contributed by atoms with Crippen molar-refractivity contribution >= 4 is 28.5 Å². The number of amidine groups is 1. The van der Waals surface area contributed by atoms with Gasteiger partial charge in [0.05, 0.1) is 25.1 Å². The van der Waals surface area contributed by atoms with Gasteiger partial charge in [-0.15, -0.1) is 0 Å². The second-order valence-electron chi connectivity index (χ2n) is 7.38. The molecule has 1 fully saturated rings. The zero-order chi connectivity index (χ0) is 22.0. The van der Waals surface area contributed by atoms with E-state index in [1.54, 1.807) is 6.07 Å². The molecule has 3 atom stereocenters. The Balaban J connectivity index is 1.62. The largest absolute Gasteiger partial charge is 0.445 e. The summed E-state index contributed by atoms with van der Waals surface area (Å²) in [7, 11) is 0. The number of nitrogens with two attached hydrogens (primary N) is 1. The maximum absolute atomic E-state index is 15.0. The molecule has 31 heavy (non-hydrogen) atoms. The van der Waals surface area contributed by atoms with Crippen molar-refractivity contribution in [2.24, 2.45) is 16.6 Å². The van der Waals surface area contributed by atoms with Crippen LogP contribution in [0.3, 0.4) is 0 Å². The van der Waals surface area contributed by atoms with E-state index >= 15 is 0 Å². The molecule has 2 aliphatic heterocycles. The molecule has 0 radical (unpaired) electrons. The summed E-state index contributed by atoms with van der Waals surface area (Å²) in [5.74, 6) is -0.283. The lowest BCUT2D eigenvalue weighted by Gasteiger charge is -2.45. The molecule has 2 aromatic rings. The molecule has 0 aliphatic carbocycles. The van der Waals surface area contributed by atoms with Crippen LogP contribution in [-0.4, -0.2) is 46.4 Å². The number of amides is 1. The monoisotopic (exact) mass is 449 g/mol. The van der Waals surface area contributed by atoms with Gasteiger partial charge in [0, 0.05) is 22.9 Å². The standard InChI is InChI=1S/C20H21F2N5O3S/c1-11-4-12-8-31-19(23)27-20(12,9-29-11)14-5-13(2-3-15(14)22)26-18(28)16-6-25-17(7-24-16)30-10-21/h2-3,5-7,11-12H,4,8-10H2,1H3,(H2,23,27)(H,26,28). The Hall–Kier alpha value is -2.79. The number of aliphatic imine (C=N–C) groups is 1. The molecule has 3 unspecified atom stereocenters. The molecule has 3 N–H and O–H groups in total. The Morgan fingerprint density at radius 1 is 1.42 bits per heavy atom. The number of benzene rings is 1. The summed E-state index contributed by atoms with van der Waals surface area (Å²) in [6.07, 6.45) is 3.08. The highest BCUT2D eigenvalue weighted by Gasteiger charge is 2.48. The number of hydrogen-bond donors (Lipinski definition) is 2. The van der Waals surface area contributed by atoms with Gasteiger partial charge in [0.25, 0.3) is 5.91 Å². The molecule has 4 rings (SSSR count). The lowest BCUT2D eigenvalue weighted by atomic mass is 9.75. The van der Waals surface area contributed by atoms with Crippen LogP contribution >= 0.6 is 11.8 Å².